The largest absolute Gasteiger partial charge is 0.398 e. The molecule has 3 N–H and O–H groups in total. The number of fused-ring (bicyclic) bond motifs is 1. The number of allylic oxidation sites excluding steroid dienone is 1. The van der Waals surface area contributed by atoms with Crippen molar-refractivity contribution in [3.8, 4) is 0 Å². The molecule has 0 bridgehead atoms. The third-order valence-electron chi connectivity index (χ3n) is 2.64. The van der Waals surface area contributed by atoms with E-state index < -0.39 is 0 Å². The number of nitrogens with one attached hydrogen (secondary N) is 1. The first-order valence-electron chi connectivity index (χ1n) is 5.18. The Hall–Kier alpha value is -1.48. The third-order valence-corrected chi connectivity index (χ3v) is 2.88. The quantitative estimate of drug-likeness (QED) is 0.624. The van der Waals surface area contributed by atoms with Gasteiger partial charge in [0.05, 0.1) is 12.3 Å². The van der Waals surface area contributed by atoms with Gasteiger partial charge in [0, 0.05) is 10.7 Å². The Labute approximate surface area is 100.0 Å². The molecule has 1 atom stereocenters. The normalized spacial score (nSPS) is 18.7. The van der Waals surface area contributed by atoms with Crippen molar-refractivity contribution < 1.29 is 0 Å². The van der Waals surface area contributed by atoms with Gasteiger partial charge in [0.25, 0.3) is 0 Å². The maximum absolute atomic E-state index is 5.94. The van der Waals surface area contributed by atoms with Gasteiger partial charge in [-0.3, -0.25) is 0 Å². The number of nitrogens with two attached hydrogens (primary N) is 1. The Kier molecular flexibility index (Phi) is 3.15. The van der Waals surface area contributed by atoms with Crippen LogP contribution in [0, 0.1) is 0 Å². The van der Waals surface area contributed by atoms with Crippen LogP contribution < -0.4 is 11.2 Å². The van der Waals surface area contributed by atoms with E-state index in [-0.39, 0.29) is 6.04 Å². The number of aryl methyl sites for hydroxylation is 1. The van der Waals surface area contributed by atoms with Gasteiger partial charge < -0.3 is 11.2 Å². The zero-order chi connectivity index (χ0) is 11.5. The SMILES string of the molecule is C=C(N)/C=N\NC1CCc2cc(Cl)ccc21. The maximum atomic E-state index is 5.94. The number of halogens is 1. The molecule has 1 unspecified atom stereocenters. The lowest BCUT2D eigenvalue weighted by Gasteiger charge is -2.10. The first-order chi connectivity index (χ1) is 7.66. The minimum Gasteiger partial charge on any atom is -0.398 e. The molecule has 1 aromatic rings. The lowest BCUT2D eigenvalue weighted by Crippen LogP contribution is -2.13. The molecule has 0 aromatic heterocycles. The Morgan fingerprint density at radius 3 is 3.19 bits per heavy atom. The van der Waals surface area contributed by atoms with Crippen molar-refractivity contribution in [3.05, 3.63) is 46.6 Å². The monoisotopic (exact) mass is 235 g/mol. The van der Waals surface area contributed by atoms with E-state index in [1.807, 2.05) is 12.1 Å². The minimum absolute atomic E-state index is 0.253. The number of hydrogen-bond acceptors (Lipinski definition) is 3. The summed E-state index contributed by atoms with van der Waals surface area (Å²) in [5, 5.41) is 4.83. The van der Waals surface area contributed by atoms with E-state index in [4.69, 9.17) is 17.3 Å². The lowest BCUT2D eigenvalue weighted by atomic mass is 10.1. The summed E-state index contributed by atoms with van der Waals surface area (Å²) in [5.74, 6) is 0. The molecular weight excluding hydrogens is 222 g/mol. The van der Waals surface area contributed by atoms with Gasteiger partial charge in [-0.15, -0.1) is 0 Å². The first-order valence-corrected chi connectivity index (χ1v) is 5.56. The fourth-order valence-electron chi connectivity index (χ4n) is 1.93. The Morgan fingerprint density at radius 1 is 1.62 bits per heavy atom. The van der Waals surface area contributed by atoms with Gasteiger partial charge in [-0.25, -0.2) is 0 Å². The van der Waals surface area contributed by atoms with Gasteiger partial charge in [-0.1, -0.05) is 24.2 Å². The second-order valence-electron chi connectivity index (χ2n) is 3.90. The van der Waals surface area contributed by atoms with Crippen molar-refractivity contribution >= 4 is 17.8 Å². The van der Waals surface area contributed by atoms with E-state index in [0.29, 0.717) is 5.70 Å². The molecule has 0 aliphatic heterocycles. The fraction of sp³-hybridized carbons (Fsp3) is 0.250. The van der Waals surface area contributed by atoms with E-state index in [1.54, 1.807) is 0 Å². The molecule has 0 heterocycles. The Balaban J connectivity index is 2.09. The number of hydrazone groups is 1. The van der Waals surface area contributed by atoms with Gasteiger partial charge in [0.1, 0.15) is 0 Å². The second-order valence-corrected chi connectivity index (χ2v) is 4.33. The minimum atomic E-state index is 0.253. The van der Waals surface area contributed by atoms with E-state index >= 15 is 0 Å². The van der Waals surface area contributed by atoms with Crippen LogP contribution in [0.1, 0.15) is 23.6 Å². The summed E-state index contributed by atoms with van der Waals surface area (Å²) < 4.78 is 0. The van der Waals surface area contributed by atoms with Crippen molar-refractivity contribution in [2.75, 3.05) is 0 Å². The third kappa shape index (κ3) is 2.36. The number of hydrogen-bond donors (Lipinski definition) is 2. The Morgan fingerprint density at radius 2 is 2.44 bits per heavy atom. The summed E-state index contributed by atoms with van der Waals surface area (Å²) in [5.41, 5.74) is 11.5. The Bertz CT molecular complexity index is 440. The van der Waals surface area contributed by atoms with Gasteiger partial charge >= 0.3 is 0 Å². The van der Waals surface area contributed by atoms with Gasteiger partial charge in [-0.05, 0) is 36.1 Å². The predicted octanol–water partition coefficient (Wildman–Crippen LogP) is 2.38. The molecule has 0 spiro atoms. The predicted molar refractivity (Wildman–Crippen MR) is 67.5 cm³/mol. The van der Waals surface area contributed by atoms with Crippen molar-refractivity contribution in [2.45, 2.75) is 18.9 Å². The molecule has 4 heteroatoms. The molecule has 0 saturated heterocycles. The lowest BCUT2D eigenvalue weighted by molar-refractivity contribution is 0.555. The molecule has 0 amide bonds. The summed E-state index contributed by atoms with van der Waals surface area (Å²) in [4.78, 5) is 0. The molecule has 16 heavy (non-hydrogen) atoms. The van der Waals surface area contributed by atoms with Crippen LogP contribution >= 0.6 is 11.6 Å². The smallest absolute Gasteiger partial charge is 0.0695 e. The van der Waals surface area contributed by atoms with Crippen LogP contribution in [-0.4, -0.2) is 6.21 Å². The van der Waals surface area contributed by atoms with Crippen LogP contribution in [0.15, 0.2) is 35.6 Å². The van der Waals surface area contributed by atoms with Crippen LogP contribution in [0.5, 0.6) is 0 Å². The van der Waals surface area contributed by atoms with Gasteiger partial charge in [-0.2, -0.15) is 5.10 Å². The van der Waals surface area contributed by atoms with Crippen LogP contribution in [0.3, 0.4) is 0 Å². The summed E-state index contributed by atoms with van der Waals surface area (Å²) >= 11 is 5.94. The summed E-state index contributed by atoms with van der Waals surface area (Å²) in [7, 11) is 0. The van der Waals surface area contributed by atoms with Crippen LogP contribution in [-0.2, 0) is 6.42 Å². The van der Waals surface area contributed by atoms with Crippen molar-refractivity contribution in [1.29, 1.82) is 0 Å². The molecule has 1 aliphatic rings. The molecule has 2 rings (SSSR count). The van der Waals surface area contributed by atoms with Crippen LogP contribution in [0.2, 0.25) is 5.02 Å². The van der Waals surface area contributed by atoms with E-state index in [0.717, 1.165) is 17.9 Å². The topological polar surface area (TPSA) is 50.4 Å². The number of benzene rings is 1. The van der Waals surface area contributed by atoms with Gasteiger partial charge in [0.15, 0.2) is 0 Å². The zero-order valence-corrected chi connectivity index (χ0v) is 9.67. The highest BCUT2D eigenvalue weighted by atomic mass is 35.5. The van der Waals surface area contributed by atoms with Crippen LogP contribution in [0.25, 0.3) is 0 Å². The molecule has 3 nitrogen and oxygen atoms in total. The van der Waals surface area contributed by atoms with E-state index in [1.165, 1.54) is 17.3 Å². The highest BCUT2D eigenvalue weighted by Crippen LogP contribution is 2.32. The average molecular weight is 236 g/mol. The summed E-state index contributed by atoms with van der Waals surface area (Å²) in [6.07, 6.45) is 3.59. The fourth-order valence-corrected chi connectivity index (χ4v) is 2.13. The average Bonchev–Trinajstić information content (AvgIpc) is 2.60. The highest BCUT2D eigenvalue weighted by molar-refractivity contribution is 6.30. The molecule has 0 fully saturated rings. The van der Waals surface area contributed by atoms with Crippen molar-refractivity contribution in [2.24, 2.45) is 10.8 Å². The maximum Gasteiger partial charge on any atom is 0.0695 e. The molecule has 1 aromatic carbocycles. The van der Waals surface area contributed by atoms with Crippen molar-refractivity contribution in [3.63, 3.8) is 0 Å². The summed E-state index contributed by atoms with van der Waals surface area (Å²) in [6, 6.07) is 6.23. The summed E-state index contributed by atoms with van der Waals surface area (Å²) in [6.45, 7) is 3.55. The second kappa shape index (κ2) is 4.58. The first kappa shape index (κ1) is 11.0. The van der Waals surface area contributed by atoms with Crippen molar-refractivity contribution in [1.82, 2.24) is 5.43 Å². The molecule has 84 valence electrons. The van der Waals surface area contributed by atoms with E-state index in [9.17, 15) is 0 Å². The standard InChI is InChI=1S/C12H14ClN3/c1-8(14)7-15-16-12-5-2-9-6-10(13)3-4-11(9)12/h3-4,6-7,12,16H,1-2,5,14H2/b15-7-. The number of nitrogens with zero attached hydrogens (tertiary/aromatic N) is 1. The van der Waals surface area contributed by atoms with Gasteiger partial charge in [0.2, 0.25) is 0 Å². The molecule has 1 aliphatic carbocycles. The van der Waals surface area contributed by atoms with Crippen LogP contribution in [0.4, 0.5) is 0 Å². The van der Waals surface area contributed by atoms with E-state index in [2.05, 4.69) is 23.2 Å². The number of rotatable bonds is 3. The zero-order valence-electron chi connectivity index (χ0n) is 8.91. The highest BCUT2D eigenvalue weighted by Gasteiger charge is 2.21. The molecule has 0 saturated carbocycles. The molecular formula is C12H14ClN3. The molecule has 0 radical (unpaired) electrons.